The topological polar surface area (TPSA) is 18.5 Å². The molecule has 0 bridgehead atoms. The average Bonchev–Trinajstić information content (AvgIpc) is 2.26. The summed E-state index contributed by atoms with van der Waals surface area (Å²) in [6.07, 6.45) is 0. The van der Waals surface area contributed by atoms with Crippen LogP contribution in [0.3, 0.4) is 0 Å². The second kappa shape index (κ2) is 4.11. The third-order valence-corrected chi connectivity index (χ3v) is 3.73. The van der Waals surface area contributed by atoms with E-state index < -0.39 is 20.0 Å². The van der Waals surface area contributed by atoms with E-state index in [0.717, 1.165) is 0 Å². The first-order valence-electron chi connectivity index (χ1n) is 6.06. The molecule has 0 aromatic heterocycles. The van der Waals surface area contributed by atoms with Crippen LogP contribution < -0.4 is 0 Å². The van der Waals surface area contributed by atoms with Crippen LogP contribution in [0.25, 0.3) is 0 Å². The first-order valence-corrected chi connectivity index (χ1v) is 9.47. The SMILES string of the molecule is CCOC1(O[Si](C)(C)C)c2ccccc2C1(F)F. The maximum absolute atomic E-state index is 14.3. The van der Waals surface area contributed by atoms with Gasteiger partial charge >= 0.3 is 5.92 Å². The van der Waals surface area contributed by atoms with Crippen molar-refractivity contribution in [3.63, 3.8) is 0 Å². The molecule has 100 valence electrons. The summed E-state index contributed by atoms with van der Waals surface area (Å²) < 4.78 is 39.7. The Hall–Kier alpha value is -0.783. The fraction of sp³-hybridized carbons (Fsp3) is 0.538. The van der Waals surface area contributed by atoms with Crippen LogP contribution in [0.1, 0.15) is 18.1 Å². The molecule has 0 N–H and O–H groups in total. The highest BCUT2D eigenvalue weighted by molar-refractivity contribution is 6.69. The number of rotatable bonds is 4. The third-order valence-electron chi connectivity index (χ3n) is 2.83. The molecule has 1 aliphatic carbocycles. The van der Waals surface area contributed by atoms with Crippen molar-refractivity contribution >= 4 is 8.32 Å². The first kappa shape index (κ1) is 13.6. The summed E-state index contributed by atoms with van der Waals surface area (Å²) >= 11 is 0. The minimum Gasteiger partial charge on any atom is -0.382 e. The molecule has 0 radical (unpaired) electrons. The Bertz CT molecular complexity index is 457. The van der Waals surface area contributed by atoms with E-state index in [9.17, 15) is 8.78 Å². The third kappa shape index (κ3) is 1.81. The van der Waals surface area contributed by atoms with E-state index in [0.29, 0.717) is 5.56 Å². The van der Waals surface area contributed by atoms with E-state index >= 15 is 0 Å². The largest absolute Gasteiger partial charge is 0.382 e. The molecule has 0 saturated heterocycles. The van der Waals surface area contributed by atoms with Crippen molar-refractivity contribution in [2.75, 3.05) is 6.61 Å². The lowest BCUT2D eigenvalue weighted by molar-refractivity contribution is -0.347. The van der Waals surface area contributed by atoms with Gasteiger partial charge in [0.2, 0.25) is 0 Å². The van der Waals surface area contributed by atoms with Crippen molar-refractivity contribution in [3.8, 4) is 0 Å². The summed E-state index contributed by atoms with van der Waals surface area (Å²) in [4.78, 5) is 0. The van der Waals surface area contributed by atoms with Gasteiger partial charge in [0.05, 0.1) is 0 Å². The van der Waals surface area contributed by atoms with E-state index in [4.69, 9.17) is 9.16 Å². The number of hydrogen-bond donors (Lipinski definition) is 0. The summed E-state index contributed by atoms with van der Waals surface area (Å²) in [6.45, 7) is 7.53. The number of hydrogen-bond acceptors (Lipinski definition) is 2. The predicted octanol–water partition coefficient (Wildman–Crippen LogP) is 3.83. The van der Waals surface area contributed by atoms with Crippen molar-refractivity contribution in [1.82, 2.24) is 0 Å². The zero-order valence-electron chi connectivity index (χ0n) is 11.1. The highest BCUT2D eigenvalue weighted by Crippen LogP contribution is 2.60. The number of alkyl halides is 2. The van der Waals surface area contributed by atoms with Gasteiger partial charge in [-0.25, -0.2) is 0 Å². The molecular formula is C13H18F2O2Si. The van der Waals surface area contributed by atoms with Gasteiger partial charge in [0.15, 0.2) is 8.32 Å². The van der Waals surface area contributed by atoms with Gasteiger partial charge < -0.3 is 9.16 Å². The Kier molecular flexibility index (Phi) is 3.12. The Labute approximate surface area is 107 Å². The lowest BCUT2D eigenvalue weighted by Gasteiger charge is -2.51. The van der Waals surface area contributed by atoms with Crippen LogP contribution in [0.5, 0.6) is 0 Å². The van der Waals surface area contributed by atoms with Gasteiger partial charge in [0, 0.05) is 17.7 Å². The summed E-state index contributed by atoms with van der Waals surface area (Å²) in [6, 6.07) is 6.43. The molecule has 0 saturated carbocycles. The smallest absolute Gasteiger partial charge is 0.330 e. The maximum atomic E-state index is 14.3. The lowest BCUT2D eigenvalue weighted by atomic mass is 9.78. The molecule has 2 rings (SSSR count). The zero-order chi connectivity index (χ0) is 13.6. The van der Waals surface area contributed by atoms with E-state index in [2.05, 4.69) is 0 Å². The molecule has 0 amide bonds. The number of halogens is 2. The molecule has 1 atom stereocenters. The van der Waals surface area contributed by atoms with Crippen molar-refractivity contribution < 1.29 is 17.9 Å². The molecule has 1 aromatic carbocycles. The van der Waals surface area contributed by atoms with Gasteiger partial charge in [0.1, 0.15) is 0 Å². The Balaban J connectivity index is 2.50. The van der Waals surface area contributed by atoms with Gasteiger partial charge in [-0.15, -0.1) is 0 Å². The minimum atomic E-state index is -3.08. The Morgan fingerprint density at radius 1 is 1.11 bits per heavy atom. The van der Waals surface area contributed by atoms with Crippen LogP contribution in [0.2, 0.25) is 19.6 Å². The molecule has 1 unspecified atom stereocenters. The lowest BCUT2D eigenvalue weighted by Crippen LogP contribution is -2.60. The predicted molar refractivity (Wildman–Crippen MR) is 68.1 cm³/mol. The quantitative estimate of drug-likeness (QED) is 0.612. The number of ether oxygens (including phenoxy) is 1. The summed E-state index contributed by atoms with van der Waals surface area (Å²) in [5.41, 5.74) is 0.468. The highest BCUT2D eigenvalue weighted by atomic mass is 28.4. The Morgan fingerprint density at radius 3 is 2.17 bits per heavy atom. The maximum Gasteiger partial charge on any atom is 0.330 e. The summed E-state index contributed by atoms with van der Waals surface area (Å²) in [5, 5.41) is 0. The molecule has 5 heteroatoms. The molecule has 1 aliphatic rings. The first-order chi connectivity index (χ1) is 8.24. The van der Waals surface area contributed by atoms with Crippen LogP contribution in [0.15, 0.2) is 24.3 Å². The van der Waals surface area contributed by atoms with E-state index in [1.165, 1.54) is 6.07 Å². The second-order valence-electron chi connectivity index (χ2n) is 5.38. The molecule has 0 fully saturated rings. The minimum absolute atomic E-state index is 0.0108. The standard InChI is InChI=1S/C13H18F2O2Si/c1-5-16-13(17-18(2,3)4)11-9-7-6-8-10(11)12(13,14)15/h6-9H,5H2,1-4H3. The van der Waals surface area contributed by atoms with Crippen molar-refractivity contribution in [2.24, 2.45) is 0 Å². The van der Waals surface area contributed by atoms with Crippen molar-refractivity contribution in [3.05, 3.63) is 35.4 Å². The van der Waals surface area contributed by atoms with Crippen molar-refractivity contribution in [2.45, 2.75) is 38.3 Å². The van der Waals surface area contributed by atoms with E-state index in [-0.39, 0.29) is 12.2 Å². The van der Waals surface area contributed by atoms with Gasteiger partial charge in [-0.05, 0) is 26.6 Å². The fourth-order valence-electron chi connectivity index (χ4n) is 2.28. The van der Waals surface area contributed by atoms with Crippen molar-refractivity contribution in [1.29, 1.82) is 0 Å². The average molecular weight is 272 g/mol. The zero-order valence-corrected chi connectivity index (χ0v) is 12.1. The van der Waals surface area contributed by atoms with Gasteiger partial charge in [-0.2, -0.15) is 8.78 Å². The number of benzene rings is 1. The van der Waals surface area contributed by atoms with Crippen LogP contribution in [0.4, 0.5) is 8.78 Å². The normalized spacial score (nSPS) is 25.4. The van der Waals surface area contributed by atoms with Crippen LogP contribution in [-0.4, -0.2) is 14.9 Å². The van der Waals surface area contributed by atoms with Crippen LogP contribution in [-0.2, 0) is 20.9 Å². The highest BCUT2D eigenvalue weighted by Gasteiger charge is 2.69. The molecule has 0 aliphatic heterocycles. The molecule has 0 heterocycles. The van der Waals surface area contributed by atoms with Gasteiger partial charge in [0.25, 0.3) is 5.79 Å². The summed E-state index contributed by atoms with van der Waals surface area (Å²) in [7, 11) is -2.16. The molecular weight excluding hydrogens is 254 g/mol. The molecule has 2 nitrogen and oxygen atoms in total. The second-order valence-corrected chi connectivity index (χ2v) is 9.81. The molecule has 0 spiro atoms. The number of fused-ring (bicyclic) bond motifs is 1. The Morgan fingerprint density at radius 2 is 1.67 bits per heavy atom. The van der Waals surface area contributed by atoms with Crippen LogP contribution >= 0.6 is 0 Å². The molecule has 18 heavy (non-hydrogen) atoms. The fourth-order valence-corrected chi connectivity index (χ4v) is 3.44. The van der Waals surface area contributed by atoms with Gasteiger partial charge in [-0.3, -0.25) is 0 Å². The van der Waals surface area contributed by atoms with Gasteiger partial charge in [-0.1, -0.05) is 24.3 Å². The monoisotopic (exact) mass is 272 g/mol. The van der Waals surface area contributed by atoms with E-state index in [1.807, 2.05) is 19.6 Å². The van der Waals surface area contributed by atoms with E-state index in [1.54, 1.807) is 25.1 Å². The summed E-state index contributed by atoms with van der Waals surface area (Å²) in [5.74, 6) is -4.97. The van der Waals surface area contributed by atoms with Crippen LogP contribution in [0, 0.1) is 0 Å². The molecule has 1 aromatic rings.